The molecule has 0 radical (unpaired) electrons. The molecule has 2 aromatic rings. The number of epoxide rings is 1. The Labute approximate surface area is 168 Å². The summed E-state index contributed by atoms with van der Waals surface area (Å²) in [7, 11) is 0. The molecule has 1 fully saturated rings. The standard InChI is InChI=1S/C22H19NO6/c23-12-1-13-26-21(24)11-4-16-2-7-19(8-3-16)29-22(25)17-5-9-18(10-6-17)27-14-20-15-28-20/h2-11,20H,1,13-15H2/b11-4+. The number of hydrogen-bond acceptors (Lipinski definition) is 7. The quantitative estimate of drug-likeness (QED) is 0.212. The molecule has 1 aliphatic heterocycles. The first kappa shape index (κ1) is 20.1. The van der Waals surface area contributed by atoms with Crippen LogP contribution in [0.15, 0.2) is 54.6 Å². The van der Waals surface area contributed by atoms with Gasteiger partial charge in [-0.15, -0.1) is 0 Å². The van der Waals surface area contributed by atoms with Crippen molar-refractivity contribution in [2.24, 2.45) is 0 Å². The zero-order chi connectivity index (χ0) is 20.5. The Hall–Kier alpha value is -3.63. The van der Waals surface area contributed by atoms with Crippen molar-refractivity contribution in [3.05, 3.63) is 65.7 Å². The van der Waals surface area contributed by atoms with Gasteiger partial charge in [0, 0.05) is 6.08 Å². The predicted molar refractivity (Wildman–Crippen MR) is 103 cm³/mol. The number of esters is 2. The van der Waals surface area contributed by atoms with E-state index >= 15 is 0 Å². The Kier molecular flexibility index (Phi) is 6.98. The summed E-state index contributed by atoms with van der Waals surface area (Å²) in [6, 6.07) is 15.3. The molecule has 1 heterocycles. The van der Waals surface area contributed by atoms with Gasteiger partial charge < -0.3 is 18.9 Å². The molecule has 0 aromatic heterocycles. The van der Waals surface area contributed by atoms with Gasteiger partial charge in [-0.25, -0.2) is 9.59 Å². The number of carbonyl (C=O) groups is 2. The van der Waals surface area contributed by atoms with Crippen LogP contribution >= 0.6 is 0 Å². The number of nitrogens with zero attached hydrogens (tertiary/aromatic N) is 1. The Morgan fingerprint density at radius 1 is 1.10 bits per heavy atom. The molecule has 0 N–H and O–H groups in total. The molecule has 7 heteroatoms. The number of nitriles is 1. The second-order valence-electron chi connectivity index (χ2n) is 6.16. The van der Waals surface area contributed by atoms with Crippen LogP contribution in [-0.4, -0.2) is 37.9 Å². The SMILES string of the molecule is N#CCCOC(=O)/C=C/c1ccc(OC(=O)c2ccc(OCC3CO3)cc2)cc1. The fourth-order valence-corrected chi connectivity index (χ4v) is 2.26. The van der Waals surface area contributed by atoms with Crippen molar-refractivity contribution in [2.45, 2.75) is 12.5 Å². The highest BCUT2D eigenvalue weighted by Crippen LogP contribution is 2.18. The largest absolute Gasteiger partial charge is 0.491 e. The molecular weight excluding hydrogens is 374 g/mol. The molecule has 0 spiro atoms. The molecule has 1 atom stereocenters. The number of benzene rings is 2. The summed E-state index contributed by atoms with van der Waals surface area (Å²) in [5, 5.41) is 8.40. The zero-order valence-electron chi connectivity index (χ0n) is 15.6. The van der Waals surface area contributed by atoms with Crippen LogP contribution < -0.4 is 9.47 Å². The first-order valence-corrected chi connectivity index (χ1v) is 9.02. The minimum atomic E-state index is -0.521. The highest BCUT2D eigenvalue weighted by atomic mass is 16.6. The second kappa shape index (κ2) is 10.1. The van der Waals surface area contributed by atoms with Gasteiger partial charge in [0.05, 0.1) is 24.7 Å². The summed E-state index contributed by atoms with van der Waals surface area (Å²) < 4.78 is 20.8. The van der Waals surface area contributed by atoms with Crippen LogP contribution in [0.2, 0.25) is 0 Å². The molecule has 2 aromatic carbocycles. The van der Waals surface area contributed by atoms with Gasteiger partial charge in [-0.2, -0.15) is 5.26 Å². The third-order valence-electron chi connectivity index (χ3n) is 3.89. The Morgan fingerprint density at radius 2 is 1.79 bits per heavy atom. The number of hydrogen-bond donors (Lipinski definition) is 0. The van der Waals surface area contributed by atoms with Crippen molar-refractivity contribution in [1.82, 2.24) is 0 Å². The molecule has 0 amide bonds. The molecule has 0 aliphatic carbocycles. The summed E-state index contributed by atoms with van der Waals surface area (Å²) in [5.41, 5.74) is 1.15. The van der Waals surface area contributed by atoms with Crippen LogP contribution in [0.4, 0.5) is 0 Å². The van der Waals surface area contributed by atoms with E-state index in [1.54, 1.807) is 54.6 Å². The van der Waals surface area contributed by atoms with E-state index in [0.717, 1.165) is 12.2 Å². The van der Waals surface area contributed by atoms with Crippen LogP contribution in [0.3, 0.4) is 0 Å². The van der Waals surface area contributed by atoms with Crippen molar-refractivity contribution >= 4 is 18.0 Å². The molecule has 0 bridgehead atoms. The molecule has 1 saturated heterocycles. The predicted octanol–water partition coefficient (Wildman–Crippen LogP) is 3.15. The lowest BCUT2D eigenvalue weighted by Crippen LogP contribution is -2.09. The maximum atomic E-state index is 12.2. The van der Waals surface area contributed by atoms with Gasteiger partial charge in [0.15, 0.2) is 0 Å². The second-order valence-corrected chi connectivity index (χ2v) is 6.16. The van der Waals surface area contributed by atoms with Gasteiger partial charge in [0.25, 0.3) is 0 Å². The molecule has 7 nitrogen and oxygen atoms in total. The maximum absolute atomic E-state index is 12.2. The Bertz CT molecular complexity index is 908. The Balaban J connectivity index is 1.49. The van der Waals surface area contributed by atoms with E-state index in [-0.39, 0.29) is 19.1 Å². The molecular formula is C22H19NO6. The normalized spacial score (nSPS) is 14.8. The summed E-state index contributed by atoms with van der Waals surface area (Å²) in [5.74, 6) is 0.0496. The lowest BCUT2D eigenvalue weighted by Gasteiger charge is -2.07. The molecule has 3 rings (SSSR count). The highest BCUT2D eigenvalue weighted by molar-refractivity contribution is 5.91. The smallest absolute Gasteiger partial charge is 0.343 e. The highest BCUT2D eigenvalue weighted by Gasteiger charge is 2.23. The van der Waals surface area contributed by atoms with E-state index in [1.807, 2.05) is 6.07 Å². The average molecular weight is 393 g/mol. The zero-order valence-corrected chi connectivity index (χ0v) is 15.6. The molecule has 1 aliphatic rings. The summed E-state index contributed by atoms with van der Waals surface area (Å²) in [6.45, 7) is 1.30. The first-order valence-electron chi connectivity index (χ1n) is 9.02. The van der Waals surface area contributed by atoms with Crippen LogP contribution in [0.25, 0.3) is 6.08 Å². The van der Waals surface area contributed by atoms with Crippen molar-refractivity contribution in [2.75, 3.05) is 19.8 Å². The van der Waals surface area contributed by atoms with Crippen molar-refractivity contribution in [3.8, 4) is 17.6 Å². The van der Waals surface area contributed by atoms with Crippen LogP contribution in [-0.2, 0) is 14.3 Å². The van der Waals surface area contributed by atoms with Gasteiger partial charge in [0.2, 0.25) is 0 Å². The van der Waals surface area contributed by atoms with Crippen LogP contribution in [0, 0.1) is 11.3 Å². The lowest BCUT2D eigenvalue weighted by atomic mass is 10.2. The number of carbonyl (C=O) groups excluding carboxylic acids is 2. The lowest BCUT2D eigenvalue weighted by molar-refractivity contribution is -0.137. The van der Waals surface area contributed by atoms with E-state index in [0.29, 0.717) is 23.7 Å². The molecule has 0 saturated carbocycles. The van der Waals surface area contributed by atoms with Crippen molar-refractivity contribution < 1.29 is 28.5 Å². The Morgan fingerprint density at radius 3 is 2.45 bits per heavy atom. The average Bonchev–Trinajstić information content (AvgIpc) is 3.57. The maximum Gasteiger partial charge on any atom is 0.343 e. The third kappa shape index (κ3) is 6.79. The monoisotopic (exact) mass is 393 g/mol. The fraction of sp³-hybridized carbons (Fsp3) is 0.227. The summed E-state index contributed by atoms with van der Waals surface area (Å²) in [6.07, 6.45) is 3.18. The van der Waals surface area contributed by atoms with E-state index in [9.17, 15) is 9.59 Å². The van der Waals surface area contributed by atoms with E-state index in [1.165, 1.54) is 6.08 Å². The van der Waals surface area contributed by atoms with Gasteiger partial charge in [-0.1, -0.05) is 12.1 Å². The van der Waals surface area contributed by atoms with Gasteiger partial charge in [0.1, 0.15) is 30.8 Å². The van der Waals surface area contributed by atoms with Gasteiger partial charge >= 0.3 is 11.9 Å². The third-order valence-corrected chi connectivity index (χ3v) is 3.89. The van der Waals surface area contributed by atoms with Gasteiger partial charge in [-0.3, -0.25) is 0 Å². The van der Waals surface area contributed by atoms with Gasteiger partial charge in [-0.05, 0) is 48.0 Å². The molecule has 29 heavy (non-hydrogen) atoms. The minimum Gasteiger partial charge on any atom is -0.491 e. The van der Waals surface area contributed by atoms with Crippen LogP contribution in [0.5, 0.6) is 11.5 Å². The number of rotatable bonds is 9. The van der Waals surface area contributed by atoms with Crippen molar-refractivity contribution in [3.63, 3.8) is 0 Å². The summed E-state index contributed by atoms with van der Waals surface area (Å²) >= 11 is 0. The van der Waals surface area contributed by atoms with Crippen LogP contribution in [0.1, 0.15) is 22.3 Å². The van der Waals surface area contributed by atoms with E-state index in [4.69, 9.17) is 24.2 Å². The number of ether oxygens (including phenoxy) is 4. The summed E-state index contributed by atoms with van der Waals surface area (Å²) in [4.78, 5) is 23.7. The molecule has 148 valence electrons. The topological polar surface area (TPSA) is 98.1 Å². The fourth-order valence-electron chi connectivity index (χ4n) is 2.26. The van der Waals surface area contributed by atoms with E-state index in [2.05, 4.69) is 0 Å². The molecule has 1 unspecified atom stereocenters. The van der Waals surface area contributed by atoms with E-state index < -0.39 is 11.9 Å². The minimum absolute atomic E-state index is 0.0661. The van der Waals surface area contributed by atoms with Crippen molar-refractivity contribution in [1.29, 1.82) is 5.26 Å². The first-order chi connectivity index (χ1) is 14.1.